The molecule has 1 aromatic carbocycles. The monoisotopic (exact) mass is 462 g/mol. The Balaban J connectivity index is 1.27. The quantitative estimate of drug-likeness (QED) is 0.556. The molecule has 3 aromatic rings. The van der Waals surface area contributed by atoms with E-state index >= 15 is 0 Å². The summed E-state index contributed by atoms with van der Waals surface area (Å²) < 4.78 is 12.5. The van der Waals surface area contributed by atoms with Crippen LogP contribution in [-0.2, 0) is 11.2 Å². The number of ether oxygens (including phenoxy) is 2. The van der Waals surface area contributed by atoms with Crippen LogP contribution in [0.25, 0.3) is 5.69 Å². The molecule has 8 heteroatoms. The summed E-state index contributed by atoms with van der Waals surface area (Å²) in [4.78, 5) is 31.8. The van der Waals surface area contributed by atoms with Gasteiger partial charge in [0, 0.05) is 37.9 Å². The summed E-state index contributed by atoms with van der Waals surface area (Å²) in [5.74, 6) is 1.30. The summed E-state index contributed by atoms with van der Waals surface area (Å²) in [6, 6.07) is 13.2. The van der Waals surface area contributed by atoms with Gasteiger partial charge < -0.3 is 24.3 Å². The van der Waals surface area contributed by atoms with E-state index in [9.17, 15) is 9.59 Å². The number of piperidine rings is 1. The number of rotatable bonds is 8. The van der Waals surface area contributed by atoms with E-state index < -0.39 is 0 Å². The van der Waals surface area contributed by atoms with Gasteiger partial charge in [0.1, 0.15) is 5.69 Å². The number of aromatic nitrogens is 2. The predicted molar refractivity (Wildman–Crippen MR) is 128 cm³/mol. The standard InChI is InChI=1S/C26H30N4O4/c1-33-23-8-7-19(17-24(23)34-2)9-13-28-25(31)20-10-15-29(16-11-20)26(32)22-6-4-14-30(22)21-5-3-12-27-18-21/h3-8,12,14,17-18,20H,9-11,13,15-16H2,1-2H3,(H,28,31). The van der Waals surface area contributed by atoms with Crippen LogP contribution in [0.4, 0.5) is 0 Å². The Morgan fingerprint density at radius 2 is 1.85 bits per heavy atom. The highest BCUT2D eigenvalue weighted by molar-refractivity contribution is 5.93. The maximum atomic E-state index is 13.1. The number of nitrogens with zero attached hydrogens (tertiary/aromatic N) is 3. The highest BCUT2D eigenvalue weighted by Crippen LogP contribution is 2.27. The molecule has 0 saturated carbocycles. The first kappa shape index (κ1) is 23.4. The highest BCUT2D eigenvalue weighted by Gasteiger charge is 2.28. The third-order valence-corrected chi connectivity index (χ3v) is 6.21. The zero-order chi connectivity index (χ0) is 23.9. The van der Waals surface area contributed by atoms with Crippen molar-refractivity contribution in [1.82, 2.24) is 19.8 Å². The van der Waals surface area contributed by atoms with Crippen molar-refractivity contribution < 1.29 is 19.1 Å². The second-order valence-corrected chi connectivity index (χ2v) is 8.27. The Morgan fingerprint density at radius 1 is 1.06 bits per heavy atom. The van der Waals surface area contributed by atoms with Gasteiger partial charge in [-0.05, 0) is 61.2 Å². The lowest BCUT2D eigenvalue weighted by molar-refractivity contribution is -0.126. The number of carbonyl (C=O) groups is 2. The third kappa shape index (κ3) is 5.22. The van der Waals surface area contributed by atoms with Gasteiger partial charge in [0.15, 0.2) is 11.5 Å². The third-order valence-electron chi connectivity index (χ3n) is 6.21. The second-order valence-electron chi connectivity index (χ2n) is 8.27. The van der Waals surface area contributed by atoms with Crippen molar-refractivity contribution in [2.24, 2.45) is 5.92 Å². The van der Waals surface area contributed by atoms with Gasteiger partial charge in [-0.15, -0.1) is 0 Å². The molecule has 0 bridgehead atoms. The molecule has 1 aliphatic rings. The van der Waals surface area contributed by atoms with Gasteiger partial charge in [0.25, 0.3) is 5.91 Å². The van der Waals surface area contributed by atoms with E-state index in [-0.39, 0.29) is 17.7 Å². The maximum Gasteiger partial charge on any atom is 0.270 e. The second kappa shape index (κ2) is 10.9. The van der Waals surface area contributed by atoms with Crippen LogP contribution in [0.15, 0.2) is 61.1 Å². The number of hydrogen-bond acceptors (Lipinski definition) is 5. The number of likely N-dealkylation sites (tertiary alicyclic amines) is 1. The highest BCUT2D eigenvalue weighted by atomic mass is 16.5. The summed E-state index contributed by atoms with van der Waals surface area (Å²) in [7, 11) is 3.21. The molecule has 1 aliphatic heterocycles. The van der Waals surface area contributed by atoms with Crippen molar-refractivity contribution in [3.05, 3.63) is 72.3 Å². The molecule has 0 radical (unpaired) electrons. The lowest BCUT2D eigenvalue weighted by Crippen LogP contribution is -2.43. The molecule has 178 valence electrons. The average Bonchev–Trinajstić information content (AvgIpc) is 3.38. The fourth-order valence-corrected chi connectivity index (χ4v) is 4.29. The molecular formula is C26H30N4O4. The largest absolute Gasteiger partial charge is 0.493 e. The predicted octanol–water partition coefficient (Wildman–Crippen LogP) is 3.10. The number of amides is 2. The Labute approximate surface area is 199 Å². The van der Waals surface area contributed by atoms with E-state index in [0.717, 1.165) is 11.3 Å². The molecule has 0 atom stereocenters. The number of carbonyl (C=O) groups excluding carboxylic acids is 2. The molecule has 34 heavy (non-hydrogen) atoms. The van der Waals surface area contributed by atoms with E-state index in [2.05, 4.69) is 10.3 Å². The normalized spacial score (nSPS) is 14.0. The zero-order valence-electron chi connectivity index (χ0n) is 19.6. The molecule has 0 unspecified atom stereocenters. The Bertz CT molecular complexity index is 1120. The van der Waals surface area contributed by atoms with Crippen LogP contribution >= 0.6 is 0 Å². The van der Waals surface area contributed by atoms with Crippen LogP contribution in [0.1, 0.15) is 28.9 Å². The zero-order valence-corrected chi connectivity index (χ0v) is 19.6. The lowest BCUT2D eigenvalue weighted by atomic mass is 9.95. The molecular weight excluding hydrogens is 432 g/mol. The van der Waals surface area contributed by atoms with E-state index in [0.29, 0.717) is 56.1 Å². The number of pyridine rings is 1. The number of hydrogen-bond donors (Lipinski definition) is 1. The van der Waals surface area contributed by atoms with Crippen LogP contribution in [0.5, 0.6) is 11.5 Å². The minimum Gasteiger partial charge on any atom is -0.493 e. The number of benzene rings is 1. The van der Waals surface area contributed by atoms with E-state index in [1.165, 1.54) is 0 Å². The Morgan fingerprint density at radius 3 is 2.56 bits per heavy atom. The summed E-state index contributed by atoms with van der Waals surface area (Å²) in [5, 5.41) is 3.04. The van der Waals surface area contributed by atoms with Crippen molar-refractivity contribution in [2.45, 2.75) is 19.3 Å². The molecule has 3 heterocycles. The van der Waals surface area contributed by atoms with Crippen molar-refractivity contribution in [2.75, 3.05) is 33.9 Å². The van der Waals surface area contributed by atoms with Crippen LogP contribution in [0.3, 0.4) is 0 Å². The summed E-state index contributed by atoms with van der Waals surface area (Å²) in [6.07, 6.45) is 7.31. The first-order chi connectivity index (χ1) is 16.6. The summed E-state index contributed by atoms with van der Waals surface area (Å²) in [5.41, 5.74) is 2.51. The first-order valence-corrected chi connectivity index (χ1v) is 11.5. The van der Waals surface area contributed by atoms with Gasteiger partial charge in [-0.3, -0.25) is 14.6 Å². The molecule has 1 saturated heterocycles. The summed E-state index contributed by atoms with van der Waals surface area (Å²) in [6.45, 7) is 1.67. The van der Waals surface area contributed by atoms with E-state index in [1.807, 2.05) is 58.1 Å². The van der Waals surface area contributed by atoms with Gasteiger partial charge in [-0.2, -0.15) is 0 Å². The molecule has 8 nitrogen and oxygen atoms in total. The van der Waals surface area contributed by atoms with Gasteiger partial charge in [-0.25, -0.2) is 0 Å². The SMILES string of the molecule is COc1ccc(CCNC(=O)C2CCN(C(=O)c3cccn3-c3cccnc3)CC2)cc1OC. The van der Waals surface area contributed by atoms with Crippen LogP contribution in [0.2, 0.25) is 0 Å². The minimum atomic E-state index is -0.0837. The molecule has 0 aliphatic carbocycles. The van der Waals surface area contributed by atoms with E-state index in [1.54, 1.807) is 26.6 Å². The molecule has 0 spiro atoms. The van der Waals surface area contributed by atoms with Crippen LogP contribution < -0.4 is 14.8 Å². The maximum absolute atomic E-state index is 13.1. The minimum absolute atomic E-state index is 0.0267. The van der Waals surface area contributed by atoms with Crippen molar-refractivity contribution in [3.8, 4) is 17.2 Å². The fraction of sp³-hybridized carbons (Fsp3) is 0.346. The molecule has 4 rings (SSSR count). The van der Waals surface area contributed by atoms with Crippen molar-refractivity contribution >= 4 is 11.8 Å². The topological polar surface area (TPSA) is 85.7 Å². The van der Waals surface area contributed by atoms with Crippen molar-refractivity contribution in [1.29, 1.82) is 0 Å². The molecule has 1 fully saturated rings. The van der Waals surface area contributed by atoms with Gasteiger partial charge in [0.05, 0.1) is 26.1 Å². The number of methoxy groups -OCH3 is 2. The number of nitrogens with one attached hydrogen (secondary N) is 1. The van der Waals surface area contributed by atoms with Gasteiger partial charge in [0.2, 0.25) is 5.91 Å². The van der Waals surface area contributed by atoms with Crippen molar-refractivity contribution in [3.63, 3.8) is 0 Å². The smallest absolute Gasteiger partial charge is 0.270 e. The first-order valence-electron chi connectivity index (χ1n) is 11.5. The Hall–Kier alpha value is -3.81. The van der Waals surface area contributed by atoms with Crippen LogP contribution in [0, 0.1) is 5.92 Å². The molecule has 2 amide bonds. The molecule has 1 N–H and O–H groups in total. The Kier molecular flexibility index (Phi) is 7.47. The summed E-state index contributed by atoms with van der Waals surface area (Å²) >= 11 is 0. The fourth-order valence-electron chi connectivity index (χ4n) is 4.29. The van der Waals surface area contributed by atoms with E-state index in [4.69, 9.17) is 9.47 Å². The van der Waals surface area contributed by atoms with Gasteiger partial charge in [-0.1, -0.05) is 6.07 Å². The molecule has 2 aromatic heterocycles. The van der Waals surface area contributed by atoms with Crippen LogP contribution in [-0.4, -0.2) is 60.1 Å². The van der Waals surface area contributed by atoms with Gasteiger partial charge >= 0.3 is 0 Å². The lowest BCUT2D eigenvalue weighted by Gasteiger charge is -2.31. The average molecular weight is 463 g/mol.